The molecule has 0 unspecified atom stereocenters. The van der Waals surface area contributed by atoms with Crippen LogP contribution in [0, 0.1) is 11.3 Å². The van der Waals surface area contributed by atoms with Gasteiger partial charge < -0.3 is 4.57 Å². The van der Waals surface area contributed by atoms with Crippen LogP contribution in [0.2, 0.25) is 10.0 Å². The summed E-state index contributed by atoms with van der Waals surface area (Å²) in [4.78, 5) is 27.0. The Balaban J connectivity index is 1.84. The molecule has 1 aliphatic heterocycles. The normalized spacial score (nSPS) is 15.6. The number of benzene rings is 2. The van der Waals surface area contributed by atoms with Crippen LogP contribution in [0.4, 0.5) is 5.69 Å². The summed E-state index contributed by atoms with van der Waals surface area (Å²) in [5, 5.41) is 12.7. The molecule has 0 spiro atoms. The molecule has 1 N–H and O–H groups in total. The fraction of sp³-hybridized carbons (Fsp3) is 0.0476. The van der Waals surface area contributed by atoms with Crippen molar-refractivity contribution < 1.29 is 9.59 Å². The Hall–Kier alpha value is -3.18. The van der Waals surface area contributed by atoms with E-state index in [4.69, 9.17) is 40.7 Å². The maximum atomic E-state index is 13.2. The number of rotatable bonds is 3. The highest BCUT2D eigenvalue weighted by Gasteiger charge is 2.35. The first-order valence-electron chi connectivity index (χ1n) is 8.72. The molecule has 2 heterocycles. The van der Waals surface area contributed by atoms with Crippen molar-refractivity contribution >= 4 is 75.0 Å². The van der Waals surface area contributed by atoms with E-state index in [1.54, 1.807) is 29.0 Å². The van der Waals surface area contributed by atoms with Crippen molar-refractivity contribution in [1.29, 1.82) is 5.26 Å². The number of para-hydroxylation sites is 1. The van der Waals surface area contributed by atoms with Gasteiger partial charge in [0.15, 0.2) is 5.11 Å². The maximum absolute atomic E-state index is 13.2. The molecule has 1 fully saturated rings. The summed E-state index contributed by atoms with van der Waals surface area (Å²) in [6.07, 6.45) is 3.21. The van der Waals surface area contributed by atoms with E-state index in [9.17, 15) is 9.59 Å². The second-order valence-electron chi connectivity index (χ2n) is 6.42. The molecule has 0 saturated carbocycles. The molecular weight excluding hydrogens is 443 g/mol. The summed E-state index contributed by atoms with van der Waals surface area (Å²) in [5.41, 5.74) is 1.61. The van der Waals surface area contributed by atoms with Crippen LogP contribution in [0.15, 0.2) is 54.2 Å². The van der Waals surface area contributed by atoms with Gasteiger partial charge in [0.1, 0.15) is 12.1 Å². The van der Waals surface area contributed by atoms with Gasteiger partial charge >= 0.3 is 0 Å². The second-order valence-corrected chi connectivity index (χ2v) is 7.59. The number of carbonyl (C=O) groups excluding carboxylic acids is 2. The number of amides is 2. The summed E-state index contributed by atoms with van der Waals surface area (Å²) in [6, 6.07) is 14.3. The Morgan fingerprint density at radius 1 is 1.13 bits per heavy atom. The third-order valence-corrected chi connectivity index (χ3v) is 5.73. The summed E-state index contributed by atoms with van der Waals surface area (Å²) in [5.74, 6) is -1.23. The highest BCUT2D eigenvalue weighted by molar-refractivity contribution is 7.80. The summed E-state index contributed by atoms with van der Waals surface area (Å²) in [7, 11) is 0. The second kappa shape index (κ2) is 7.92. The highest BCUT2D eigenvalue weighted by atomic mass is 35.5. The van der Waals surface area contributed by atoms with Gasteiger partial charge in [0.05, 0.1) is 21.8 Å². The van der Waals surface area contributed by atoms with Gasteiger partial charge in [-0.1, -0.05) is 47.5 Å². The average molecular weight is 455 g/mol. The van der Waals surface area contributed by atoms with Crippen LogP contribution in [-0.4, -0.2) is 21.5 Å². The number of thiocarbonyl (C=S) groups is 1. The van der Waals surface area contributed by atoms with E-state index in [1.807, 2.05) is 24.3 Å². The SMILES string of the molecule is N#CCn1cc(/C=C2\C(=O)NC(=S)N(c3cccc(Cl)c3Cl)C2=O)c2ccccc21. The molecule has 30 heavy (non-hydrogen) atoms. The number of aromatic nitrogens is 1. The molecule has 1 saturated heterocycles. The molecule has 6 nitrogen and oxygen atoms in total. The lowest BCUT2D eigenvalue weighted by atomic mass is 10.1. The third-order valence-electron chi connectivity index (χ3n) is 4.63. The Labute approximate surface area is 186 Å². The molecule has 0 radical (unpaired) electrons. The first kappa shape index (κ1) is 20.1. The van der Waals surface area contributed by atoms with Gasteiger partial charge in [0.2, 0.25) is 0 Å². The lowest BCUT2D eigenvalue weighted by Crippen LogP contribution is -2.54. The monoisotopic (exact) mass is 454 g/mol. The van der Waals surface area contributed by atoms with Crippen LogP contribution in [0.25, 0.3) is 17.0 Å². The fourth-order valence-electron chi connectivity index (χ4n) is 3.29. The number of nitrogens with zero attached hydrogens (tertiary/aromatic N) is 3. The van der Waals surface area contributed by atoms with Crippen molar-refractivity contribution in [3.05, 3.63) is 69.8 Å². The van der Waals surface area contributed by atoms with Gasteiger partial charge in [0, 0.05) is 22.7 Å². The lowest BCUT2D eigenvalue weighted by molar-refractivity contribution is -0.122. The van der Waals surface area contributed by atoms with Gasteiger partial charge in [-0.25, -0.2) is 0 Å². The largest absolute Gasteiger partial charge is 0.333 e. The molecule has 1 aromatic heterocycles. The van der Waals surface area contributed by atoms with E-state index in [1.165, 1.54) is 6.08 Å². The molecule has 3 aromatic rings. The molecule has 2 aromatic carbocycles. The van der Waals surface area contributed by atoms with Crippen molar-refractivity contribution in [2.75, 3.05) is 4.90 Å². The van der Waals surface area contributed by atoms with Gasteiger partial charge in [-0.2, -0.15) is 5.26 Å². The van der Waals surface area contributed by atoms with Crippen LogP contribution in [0.1, 0.15) is 5.56 Å². The van der Waals surface area contributed by atoms with Crippen molar-refractivity contribution in [3.63, 3.8) is 0 Å². The average Bonchev–Trinajstić information content (AvgIpc) is 3.06. The number of nitrogens with one attached hydrogen (secondary N) is 1. The number of halogens is 2. The Morgan fingerprint density at radius 3 is 2.67 bits per heavy atom. The van der Waals surface area contributed by atoms with Crippen LogP contribution < -0.4 is 10.2 Å². The van der Waals surface area contributed by atoms with E-state index in [2.05, 4.69) is 11.4 Å². The molecule has 2 amide bonds. The van der Waals surface area contributed by atoms with E-state index < -0.39 is 11.8 Å². The van der Waals surface area contributed by atoms with E-state index in [0.29, 0.717) is 5.56 Å². The Morgan fingerprint density at radius 2 is 1.90 bits per heavy atom. The maximum Gasteiger partial charge on any atom is 0.270 e. The van der Waals surface area contributed by atoms with Crippen LogP contribution in [0.3, 0.4) is 0 Å². The van der Waals surface area contributed by atoms with Gasteiger partial charge in [0.25, 0.3) is 11.8 Å². The van der Waals surface area contributed by atoms with Crippen molar-refractivity contribution in [2.24, 2.45) is 0 Å². The van der Waals surface area contributed by atoms with Crippen LogP contribution in [-0.2, 0) is 16.1 Å². The zero-order valence-corrected chi connectivity index (χ0v) is 17.6. The van der Waals surface area contributed by atoms with E-state index >= 15 is 0 Å². The topological polar surface area (TPSA) is 78.1 Å². The summed E-state index contributed by atoms with van der Waals surface area (Å²) in [6.45, 7) is 0.137. The van der Waals surface area contributed by atoms with Gasteiger partial charge in [-0.15, -0.1) is 0 Å². The minimum atomic E-state index is -0.620. The Kier molecular flexibility index (Phi) is 5.31. The molecular formula is C21H12Cl2N4O2S. The smallest absolute Gasteiger partial charge is 0.270 e. The van der Waals surface area contributed by atoms with Crippen molar-refractivity contribution in [1.82, 2.24) is 9.88 Å². The number of hydrogen-bond acceptors (Lipinski definition) is 4. The molecule has 4 rings (SSSR count). The first-order valence-corrected chi connectivity index (χ1v) is 9.89. The van der Waals surface area contributed by atoms with Gasteiger partial charge in [-0.05, 0) is 36.5 Å². The third kappa shape index (κ3) is 3.35. The molecule has 0 atom stereocenters. The van der Waals surface area contributed by atoms with Gasteiger partial charge in [-0.3, -0.25) is 19.8 Å². The van der Waals surface area contributed by atoms with Crippen molar-refractivity contribution in [3.8, 4) is 6.07 Å². The molecule has 0 aliphatic carbocycles. The molecule has 148 valence electrons. The summed E-state index contributed by atoms with van der Waals surface area (Å²) >= 11 is 17.5. The number of nitriles is 1. The first-order chi connectivity index (χ1) is 14.4. The van der Waals surface area contributed by atoms with Crippen LogP contribution >= 0.6 is 35.4 Å². The molecule has 9 heteroatoms. The minimum Gasteiger partial charge on any atom is -0.333 e. The predicted octanol–water partition coefficient (Wildman–Crippen LogP) is 4.30. The standard InChI is InChI=1S/C21H12Cl2N4O2S/c22-15-5-3-7-17(18(15)23)27-20(29)14(19(28)25-21(27)30)10-12-11-26(9-8-24)16-6-2-1-4-13(12)16/h1-7,10-11H,9H2,(H,25,28,30)/b14-10+. The van der Waals surface area contributed by atoms with E-state index in [-0.39, 0.29) is 33.0 Å². The van der Waals surface area contributed by atoms with Crippen molar-refractivity contribution in [2.45, 2.75) is 6.54 Å². The molecule has 0 bridgehead atoms. The lowest BCUT2D eigenvalue weighted by Gasteiger charge is -2.29. The minimum absolute atomic E-state index is 0.0850. The highest BCUT2D eigenvalue weighted by Crippen LogP contribution is 2.34. The number of anilines is 1. The fourth-order valence-corrected chi connectivity index (χ4v) is 3.95. The molecule has 1 aliphatic rings. The van der Waals surface area contributed by atoms with Crippen LogP contribution in [0.5, 0.6) is 0 Å². The number of carbonyl (C=O) groups is 2. The quantitative estimate of drug-likeness (QED) is 0.363. The zero-order valence-electron chi connectivity index (χ0n) is 15.2. The zero-order chi connectivity index (χ0) is 21.4. The number of fused-ring (bicyclic) bond motifs is 1. The summed E-state index contributed by atoms with van der Waals surface area (Å²) < 4.78 is 1.75. The Bertz CT molecular complexity index is 1310. The van der Waals surface area contributed by atoms with E-state index in [0.717, 1.165) is 15.8 Å². The predicted molar refractivity (Wildman–Crippen MR) is 120 cm³/mol. The number of hydrogen-bond donors (Lipinski definition) is 1.